The van der Waals surface area contributed by atoms with Crippen LogP contribution >= 0.6 is 0 Å². The number of aromatic nitrogens is 1. The van der Waals surface area contributed by atoms with E-state index in [0.717, 1.165) is 9.87 Å². The average Bonchev–Trinajstić information content (AvgIpc) is 3.27. The number of benzene rings is 2. The van der Waals surface area contributed by atoms with Gasteiger partial charge in [-0.1, -0.05) is 18.2 Å². The van der Waals surface area contributed by atoms with Crippen LogP contribution in [0.25, 0.3) is 11.5 Å². The molecule has 0 saturated heterocycles. The van der Waals surface area contributed by atoms with Gasteiger partial charge in [-0.2, -0.15) is 0 Å². The topological polar surface area (TPSA) is 119 Å². The van der Waals surface area contributed by atoms with Crippen LogP contribution in [0.5, 0.6) is 0 Å². The van der Waals surface area contributed by atoms with E-state index in [0.29, 0.717) is 11.6 Å². The van der Waals surface area contributed by atoms with E-state index in [1.165, 1.54) is 51.5 Å². The molecule has 1 amide bonds. The lowest BCUT2D eigenvalue weighted by Crippen LogP contribution is -2.39. The molecule has 1 atom stereocenters. The maximum Gasteiger partial charge on any atom is 0.328 e. The maximum absolute atomic E-state index is 12.4. The summed E-state index contributed by atoms with van der Waals surface area (Å²) >= 11 is 0. The Balaban J connectivity index is 1.54. The Morgan fingerprint density at radius 2 is 1.75 bits per heavy atom. The van der Waals surface area contributed by atoms with Crippen molar-refractivity contribution in [2.45, 2.75) is 24.5 Å². The van der Waals surface area contributed by atoms with Gasteiger partial charge >= 0.3 is 5.97 Å². The molecule has 0 spiro atoms. The summed E-state index contributed by atoms with van der Waals surface area (Å²) in [5.41, 5.74) is 1.45. The highest BCUT2D eigenvalue weighted by molar-refractivity contribution is 7.89. The Labute approximate surface area is 186 Å². The Bertz CT molecular complexity index is 1190. The lowest BCUT2D eigenvalue weighted by Gasteiger charge is -2.14. The number of nitrogens with one attached hydrogen (secondary N) is 1. The lowest BCUT2D eigenvalue weighted by molar-refractivity contribution is -0.146. The van der Waals surface area contributed by atoms with E-state index in [9.17, 15) is 18.0 Å². The van der Waals surface area contributed by atoms with Gasteiger partial charge in [-0.05, 0) is 43.3 Å². The van der Waals surface area contributed by atoms with E-state index < -0.39 is 27.9 Å². The van der Waals surface area contributed by atoms with Gasteiger partial charge in [0.25, 0.3) is 5.91 Å². The summed E-state index contributed by atoms with van der Waals surface area (Å²) in [6.45, 7) is 1.38. The second-order valence-corrected chi connectivity index (χ2v) is 9.28. The molecule has 168 valence electrons. The number of esters is 1. The van der Waals surface area contributed by atoms with E-state index in [1.807, 2.05) is 30.3 Å². The third kappa shape index (κ3) is 5.40. The summed E-state index contributed by atoms with van der Waals surface area (Å²) in [5.74, 6) is -0.761. The molecule has 3 aromatic rings. The predicted octanol–water partition coefficient (Wildman–Crippen LogP) is 2.45. The van der Waals surface area contributed by atoms with Crippen molar-refractivity contribution in [1.82, 2.24) is 14.6 Å². The monoisotopic (exact) mass is 457 g/mol. The van der Waals surface area contributed by atoms with Crippen LogP contribution in [0.2, 0.25) is 0 Å². The second kappa shape index (κ2) is 9.75. The molecule has 0 aliphatic rings. The van der Waals surface area contributed by atoms with E-state index in [4.69, 9.17) is 9.15 Å². The quantitative estimate of drug-likeness (QED) is 0.516. The van der Waals surface area contributed by atoms with E-state index >= 15 is 0 Å². The zero-order valence-corrected chi connectivity index (χ0v) is 18.6. The molecule has 9 nitrogen and oxygen atoms in total. The first-order chi connectivity index (χ1) is 15.2. The van der Waals surface area contributed by atoms with Crippen molar-refractivity contribution in [2.75, 3.05) is 14.1 Å². The highest BCUT2D eigenvalue weighted by Gasteiger charge is 2.21. The second-order valence-electron chi connectivity index (χ2n) is 7.12. The number of oxazole rings is 1. The zero-order valence-electron chi connectivity index (χ0n) is 17.8. The van der Waals surface area contributed by atoms with Crippen molar-refractivity contribution in [2.24, 2.45) is 0 Å². The normalized spacial score (nSPS) is 12.4. The number of sulfonamides is 1. The Kier molecular flexibility index (Phi) is 7.06. The van der Waals surface area contributed by atoms with Crippen LogP contribution in [0.4, 0.5) is 0 Å². The van der Waals surface area contributed by atoms with Gasteiger partial charge in [0.1, 0.15) is 24.6 Å². The summed E-state index contributed by atoms with van der Waals surface area (Å²) in [7, 11) is -0.749. The number of amides is 1. The first-order valence-corrected chi connectivity index (χ1v) is 11.1. The molecule has 0 radical (unpaired) electrons. The van der Waals surface area contributed by atoms with Gasteiger partial charge in [0.15, 0.2) is 0 Å². The summed E-state index contributed by atoms with van der Waals surface area (Å²) in [5, 5.41) is 2.53. The Morgan fingerprint density at radius 1 is 1.09 bits per heavy atom. The molecule has 0 bridgehead atoms. The molecule has 0 aliphatic heterocycles. The Morgan fingerprint density at radius 3 is 2.38 bits per heavy atom. The lowest BCUT2D eigenvalue weighted by atomic mass is 10.2. The minimum Gasteiger partial charge on any atom is -0.458 e. The highest BCUT2D eigenvalue weighted by atomic mass is 32.2. The maximum atomic E-state index is 12.4. The van der Waals surface area contributed by atoms with Crippen molar-refractivity contribution in [3.63, 3.8) is 0 Å². The van der Waals surface area contributed by atoms with Gasteiger partial charge in [0, 0.05) is 25.2 Å². The number of carbonyl (C=O) groups excluding carboxylic acids is 2. The number of hydrogen-bond donors (Lipinski definition) is 1. The molecule has 0 fully saturated rings. The van der Waals surface area contributed by atoms with Crippen LogP contribution in [0.1, 0.15) is 23.0 Å². The molecule has 10 heteroatoms. The molecule has 1 aromatic heterocycles. The standard InChI is InChI=1S/C22H23N3O6S/c1-15(23-20(26)16-9-11-19(12-10-16)32(28,29)25(2)3)22(27)31-14-18-13-30-21(24-18)17-7-5-4-6-8-17/h4-13,15H,14H2,1-3H3,(H,23,26)/t15-/m0/s1. The fourth-order valence-corrected chi connectivity index (χ4v) is 3.59. The average molecular weight is 458 g/mol. The van der Waals surface area contributed by atoms with Gasteiger partial charge in [-0.15, -0.1) is 0 Å². The minimum absolute atomic E-state index is 0.0639. The summed E-state index contributed by atoms with van der Waals surface area (Å²) < 4.78 is 35.9. The number of ether oxygens (including phenoxy) is 1. The van der Waals surface area contributed by atoms with Crippen molar-refractivity contribution in [3.8, 4) is 11.5 Å². The number of nitrogens with zero attached hydrogens (tertiary/aromatic N) is 2. The van der Waals surface area contributed by atoms with Crippen molar-refractivity contribution in [3.05, 3.63) is 72.1 Å². The molecule has 0 saturated carbocycles. The molecule has 2 aromatic carbocycles. The van der Waals surface area contributed by atoms with Crippen molar-refractivity contribution < 1.29 is 27.2 Å². The largest absolute Gasteiger partial charge is 0.458 e. The predicted molar refractivity (Wildman–Crippen MR) is 116 cm³/mol. The summed E-state index contributed by atoms with van der Waals surface area (Å²) in [6, 6.07) is 13.8. The van der Waals surface area contributed by atoms with Gasteiger partial charge in [0.05, 0.1) is 4.90 Å². The van der Waals surface area contributed by atoms with Crippen molar-refractivity contribution >= 4 is 21.9 Å². The Hall–Kier alpha value is -3.50. The third-order valence-corrected chi connectivity index (χ3v) is 6.36. The molecule has 32 heavy (non-hydrogen) atoms. The van der Waals surface area contributed by atoms with Crippen LogP contribution < -0.4 is 5.32 Å². The van der Waals surface area contributed by atoms with E-state index in [-0.39, 0.29) is 17.1 Å². The number of rotatable bonds is 8. The molecule has 1 N–H and O–H groups in total. The molecule has 0 unspecified atom stereocenters. The van der Waals surface area contributed by atoms with Crippen LogP contribution in [-0.4, -0.2) is 49.7 Å². The molecule has 0 aliphatic carbocycles. The van der Waals surface area contributed by atoms with E-state index in [1.54, 1.807) is 0 Å². The molecular formula is C22H23N3O6S. The summed E-state index contributed by atoms with van der Waals surface area (Å²) in [4.78, 5) is 29.0. The van der Waals surface area contributed by atoms with Crippen LogP contribution in [0.15, 0.2) is 70.2 Å². The van der Waals surface area contributed by atoms with Crippen LogP contribution in [0, 0.1) is 0 Å². The van der Waals surface area contributed by atoms with E-state index in [2.05, 4.69) is 10.3 Å². The van der Waals surface area contributed by atoms with Gasteiger partial charge in [-0.3, -0.25) is 4.79 Å². The smallest absolute Gasteiger partial charge is 0.328 e. The SMILES string of the molecule is C[C@H](NC(=O)c1ccc(S(=O)(=O)N(C)C)cc1)C(=O)OCc1coc(-c2ccccc2)n1. The first-order valence-electron chi connectivity index (χ1n) is 9.68. The van der Waals surface area contributed by atoms with Crippen LogP contribution in [-0.2, 0) is 26.2 Å². The van der Waals surface area contributed by atoms with Gasteiger partial charge in [0.2, 0.25) is 15.9 Å². The molecular weight excluding hydrogens is 434 g/mol. The number of carbonyl (C=O) groups is 2. The third-order valence-electron chi connectivity index (χ3n) is 4.53. The summed E-state index contributed by atoms with van der Waals surface area (Å²) in [6.07, 6.45) is 1.40. The van der Waals surface area contributed by atoms with Crippen LogP contribution in [0.3, 0.4) is 0 Å². The minimum atomic E-state index is -3.59. The number of hydrogen-bond acceptors (Lipinski definition) is 7. The van der Waals surface area contributed by atoms with Gasteiger partial charge in [-0.25, -0.2) is 22.5 Å². The van der Waals surface area contributed by atoms with Crippen molar-refractivity contribution in [1.29, 1.82) is 0 Å². The molecule has 1 heterocycles. The zero-order chi connectivity index (χ0) is 23.3. The molecule has 3 rings (SSSR count). The van der Waals surface area contributed by atoms with Gasteiger partial charge < -0.3 is 14.5 Å². The highest BCUT2D eigenvalue weighted by Crippen LogP contribution is 2.18. The first kappa shape index (κ1) is 23.2. The fourth-order valence-electron chi connectivity index (χ4n) is 2.68. The fraction of sp³-hybridized carbons (Fsp3) is 0.227.